The molecule has 6 nitrogen and oxygen atoms in total. The highest BCUT2D eigenvalue weighted by atomic mass is 35.5. The second-order valence-electron chi connectivity index (χ2n) is 5.30. The third kappa shape index (κ3) is 4.77. The van der Waals surface area contributed by atoms with Crippen molar-refractivity contribution in [2.24, 2.45) is 0 Å². The summed E-state index contributed by atoms with van der Waals surface area (Å²) >= 11 is 13.0. The molecule has 1 heterocycles. The quantitative estimate of drug-likeness (QED) is 0.609. The number of benzene rings is 2. The fourth-order valence-electron chi connectivity index (χ4n) is 2.15. The third-order valence-corrected chi connectivity index (χ3v) is 4.78. The number of amides is 2. The van der Waals surface area contributed by atoms with Gasteiger partial charge in [-0.05, 0) is 42.5 Å². The van der Waals surface area contributed by atoms with Crippen LogP contribution in [0.3, 0.4) is 0 Å². The highest BCUT2D eigenvalue weighted by Crippen LogP contribution is 2.27. The van der Waals surface area contributed by atoms with E-state index >= 15 is 0 Å². The van der Waals surface area contributed by atoms with Gasteiger partial charge in [0.1, 0.15) is 11.4 Å². The molecule has 0 saturated carbocycles. The topological polar surface area (TPSA) is 80.3 Å². The maximum absolute atomic E-state index is 12.3. The Morgan fingerprint density at radius 1 is 1.04 bits per heavy atom. The normalized spacial score (nSPS) is 10.3. The van der Waals surface area contributed by atoms with Crippen molar-refractivity contribution in [1.29, 1.82) is 0 Å². The Hall–Kier alpha value is -2.61. The van der Waals surface area contributed by atoms with Crippen LogP contribution in [0.25, 0.3) is 0 Å². The van der Waals surface area contributed by atoms with Crippen LogP contribution < -0.4 is 15.4 Å². The van der Waals surface area contributed by atoms with Crippen molar-refractivity contribution in [3.63, 3.8) is 0 Å². The first-order chi connectivity index (χ1) is 13.0. The molecule has 0 unspecified atom stereocenters. The fourth-order valence-corrected chi connectivity index (χ4v) is 3.21. The number of aromatic nitrogens is 1. The van der Waals surface area contributed by atoms with E-state index in [1.807, 2.05) is 0 Å². The molecule has 0 aliphatic heterocycles. The molecular weight excluding hydrogens is 409 g/mol. The zero-order valence-electron chi connectivity index (χ0n) is 14.0. The van der Waals surface area contributed by atoms with Gasteiger partial charge >= 0.3 is 0 Å². The lowest BCUT2D eigenvalue weighted by Crippen LogP contribution is -2.14. The Bertz CT molecular complexity index is 990. The third-order valence-electron chi connectivity index (χ3n) is 3.47. The van der Waals surface area contributed by atoms with Crippen LogP contribution in [0.15, 0.2) is 47.8 Å². The Morgan fingerprint density at radius 3 is 2.44 bits per heavy atom. The smallest absolute Gasteiger partial charge is 0.275 e. The van der Waals surface area contributed by atoms with Crippen molar-refractivity contribution < 1.29 is 14.3 Å². The van der Waals surface area contributed by atoms with Gasteiger partial charge in [-0.2, -0.15) is 0 Å². The van der Waals surface area contributed by atoms with E-state index in [0.29, 0.717) is 32.2 Å². The summed E-state index contributed by atoms with van der Waals surface area (Å²) in [6, 6.07) is 11.3. The van der Waals surface area contributed by atoms with Gasteiger partial charge in [-0.1, -0.05) is 23.2 Å². The van der Waals surface area contributed by atoms with Crippen LogP contribution in [0.1, 0.15) is 20.8 Å². The average molecular weight is 422 g/mol. The van der Waals surface area contributed by atoms with Gasteiger partial charge < -0.3 is 10.1 Å². The molecule has 0 aliphatic rings. The number of carbonyl (C=O) groups is 2. The molecule has 0 atom stereocenters. The summed E-state index contributed by atoms with van der Waals surface area (Å²) in [5.74, 6) is -0.245. The maximum Gasteiger partial charge on any atom is 0.275 e. The summed E-state index contributed by atoms with van der Waals surface area (Å²) in [5.41, 5.74) is 1.12. The number of nitrogens with one attached hydrogen (secondary N) is 2. The summed E-state index contributed by atoms with van der Waals surface area (Å²) in [5, 5.41) is 8.13. The summed E-state index contributed by atoms with van der Waals surface area (Å²) in [6.07, 6.45) is 0. The highest BCUT2D eigenvalue weighted by molar-refractivity contribution is 7.14. The van der Waals surface area contributed by atoms with E-state index in [2.05, 4.69) is 15.6 Å². The van der Waals surface area contributed by atoms with Gasteiger partial charge in [-0.3, -0.25) is 14.9 Å². The van der Waals surface area contributed by atoms with E-state index in [1.54, 1.807) is 47.8 Å². The number of halogens is 2. The lowest BCUT2D eigenvalue weighted by molar-refractivity contribution is 0.101. The van der Waals surface area contributed by atoms with Gasteiger partial charge in [0.2, 0.25) is 0 Å². The van der Waals surface area contributed by atoms with Crippen molar-refractivity contribution in [3.05, 3.63) is 69.1 Å². The Labute approximate surface area is 169 Å². The number of methoxy groups -OCH3 is 1. The number of nitrogens with zero attached hydrogens (tertiary/aromatic N) is 1. The molecule has 0 bridgehead atoms. The van der Waals surface area contributed by atoms with E-state index in [1.165, 1.54) is 7.11 Å². The molecule has 0 aliphatic carbocycles. The summed E-state index contributed by atoms with van der Waals surface area (Å²) in [4.78, 5) is 28.6. The van der Waals surface area contributed by atoms with Gasteiger partial charge in [0.05, 0.1) is 12.1 Å². The van der Waals surface area contributed by atoms with E-state index in [9.17, 15) is 9.59 Å². The molecule has 2 N–H and O–H groups in total. The van der Waals surface area contributed by atoms with Crippen LogP contribution in [-0.4, -0.2) is 23.9 Å². The molecule has 0 fully saturated rings. The largest absolute Gasteiger partial charge is 0.495 e. The number of rotatable bonds is 5. The number of anilines is 2. The lowest BCUT2D eigenvalue weighted by Gasteiger charge is -2.07. The summed E-state index contributed by atoms with van der Waals surface area (Å²) in [7, 11) is 1.51. The number of ether oxygens (including phenoxy) is 1. The molecule has 0 saturated heterocycles. The fraction of sp³-hybridized carbons (Fsp3) is 0.0556. The molecule has 138 valence electrons. The Balaban J connectivity index is 1.66. The number of hydrogen-bond donors (Lipinski definition) is 2. The number of hydrogen-bond acceptors (Lipinski definition) is 5. The van der Waals surface area contributed by atoms with Crippen molar-refractivity contribution in [1.82, 2.24) is 4.98 Å². The van der Waals surface area contributed by atoms with Crippen LogP contribution in [0.4, 0.5) is 10.8 Å². The molecule has 0 spiro atoms. The second kappa shape index (κ2) is 8.39. The van der Waals surface area contributed by atoms with Crippen LogP contribution in [-0.2, 0) is 0 Å². The number of thiazole rings is 1. The Morgan fingerprint density at radius 2 is 1.78 bits per heavy atom. The molecule has 27 heavy (non-hydrogen) atoms. The molecule has 3 rings (SSSR count). The van der Waals surface area contributed by atoms with Crippen molar-refractivity contribution in [3.8, 4) is 5.75 Å². The van der Waals surface area contributed by atoms with Gasteiger partial charge in [-0.15, -0.1) is 11.3 Å². The molecule has 0 radical (unpaired) electrons. The summed E-state index contributed by atoms with van der Waals surface area (Å²) < 4.78 is 5.07. The molecule has 3 aromatic rings. The van der Waals surface area contributed by atoms with E-state index in [4.69, 9.17) is 27.9 Å². The van der Waals surface area contributed by atoms with E-state index in [0.717, 1.165) is 11.3 Å². The standard InChI is InChI=1S/C18H13Cl2N3O3S/c1-26-15-7-6-12(8-13(15)20)21-17(25)14-9-27-18(22-14)23-16(24)10-2-4-11(19)5-3-10/h2-9H,1H3,(H,21,25)(H,22,23,24). The van der Waals surface area contributed by atoms with E-state index < -0.39 is 5.91 Å². The van der Waals surface area contributed by atoms with Gasteiger partial charge in [0.25, 0.3) is 11.8 Å². The Kier molecular flexibility index (Phi) is 5.95. The van der Waals surface area contributed by atoms with Crippen LogP contribution in [0, 0.1) is 0 Å². The SMILES string of the molecule is COc1ccc(NC(=O)c2csc(NC(=O)c3ccc(Cl)cc3)n2)cc1Cl. The molecule has 2 aromatic carbocycles. The van der Waals surface area contributed by atoms with Crippen molar-refractivity contribution in [2.45, 2.75) is 0 Å². The molecular formula is C18H13Cl2N3O3S. The molecule has 9 heteroatoms. The first-order valence-electron chi connectivity index (χ1n) is 7.63. The predicted molar refractivity (Wildman–Crippen MR) is 107 cm³/mol. The van der Waals surface area contributed by atoms with Gasteiger partial charge in [0, 0.05) is 21.7 Å². The number of carbonyl (C=O) groups excluding carboxylic acids is 2. The molecule has 1 aromatic heterocycles. The van der Waals surface area contributed by atoms with Crippen molar-refractivity contribution >= 4 is 57.2 Å². The molecule has 2 amide bonds. The van der Waals surface area contributed by atoms with Gasteiger partial charge in [-0.25, -0.2) is 4.98 Å². The maximum atomic E-state index is 12.3. The van der Waals surface area contributed by atoms with Gasteiger partial charge in [0.15, 0.2) is 5.13 Å². The predicted octanol–water partition coefficient (Wildman–Crippen LogP) is 4.96. The second-order valence-corrected chi connectivity index (χ2v) is 7.00. The van der Waals surface area contributed by atoms with Crippen LogP contribution in [0.5, 0.6) is 5.75 Å². The first kappa shape index (κ1) is 19.2. The minimum absolute atomic E-state index is 0.179. The van der Waals surface area contributed by atoms with Crippen molar-refractivity contribution in [2.75, 3.05) is 17.7 Å². The zero-order valence-corrected chi connectivity index (χ0v) is 16.3. The lowest BCUT2D eigenvalue weighted by atomic mass is 10.2. The zero-order chi connectivity index (χ0) is 19.4. The summed E-state index contributed by atoms with van der Waals surface area (Å²) in [6.45, 7) is 0. The average Bonchev–Trinajstić information content (AvgIpc) is 3.11. The van der Waals surface area contributed by atoms with Crippen LogP contribution >= 0.6 is 34.5 Å². The monoisotopic (exact) mass is 421 g/mol. The van der Waals surface area contributed by atoms with Crippen LogP contribution in [0.2, 0.25) is 10.0 Å². The first-order valence-corrected chi connectivity index (χ1v) is 9.27. The minimum atomic E-state index is -0.417. The van der Waals surface area contributed by atoms with E-state index in [-0.39, 0.29) is 11.6 Å². The minimum Gasteiger partial charge on any atom is -0.495 e. The highest BCUT2D eigenvalue weighted by Gasteiger charge is 2.14.